The van der Waals surface area contributed by atoms with Crippen molar-refractivity contribution in [2.75, 3.05) is 40.0 Å². The van der Waals surface area contributed by atoms with Gasteiger partial charge < -0.3 is 14.8 Å². The van der Waals surface area contributed by atoms with Gasteiger partial charge in [0.15, 0.2) is 0 Å². The molecule has 0 spiro atoms. The topological polar surface area (TPSA) is 84.9 Å². The predicted octanol–water partition coefficient (Wildman–Crippen LogP) is 2.96. The van der Waals surface area contributed by atoms with Crippen LogP contribution in [0.2, 0.25) is 0 Å². The number of sulfonamides is 1. The molecule has 1 aliphatic carbocycles. The van der Waals surface area contributed by atoms with Crippen LogP contribution in [0.25, 0.3) is 0 Å². The smallest absolute Gasteiger partial charge is 0.251 e. The Morgan fingerprint density at radius 2 is 1.66 bits per heavy atom. The number of amides is 1. The zero-order valence-electron chi connectivity index (χ0n) is 18.4. The minimum absolute atomic E-state index is 0.0818. The molecule has 0 radical (unpaired) electrons. The van der Waals surface area contributed by atoms with E-state index in [1.165, 1.54) is 22.0 Å². The predicted molar refractivity (Wildman–Crippen MR) is 121 cm³/mol. The molecule has 0 unspecified atom stereocenters. The molecule has 1 heterocycles. The molecule has 4 rings (SSSR count). The highest BCUT2D eigenvalue weighted by molar-refractivity contribution is 7.89. The van der Waals surface area contributed by atoms with Crippen LogP contribution >= 0.6 is 0 Å². The number of carbonyl (C=O) groups excluding carboxylic acids is 1. The molecule has 32 heavy (non-hydrogen) atoms. The van der Waals surface area contributed by atoms with Crippen molar-refractivity contribution in [2.45, 2.75) is 36.0 Å². The summed E-state index contributed by atoms with van der Waals surface area (Å²) in [5.41, 5.74) is 1.58. The molecule has 0 bridgehead atoms. The SMILES string of the molecule is COc1ccc(C2(CNC(=O)c3ccc(S(=O)(=O)N4CCOCC4)cc3)CCCC2)cc1. The number of nitrogens with one attached hydrogen (secondary N) is 1. The Labute approximate surface area is 189 Å². The van der Waals surface area contributed by atoms with E-state index in [1.807, 2.05) is 12.1 Å². The van der Waals surface area contributed by atoms with Crippen molar-refractivity contribution < 1.29 is 22.7 Å². The number of rotatable bonds is 7. The minimum Gasteiger partial charge on any atom is -0.497 e. The van der Waals surface area contributed by atoms with Crippen molar-refractivity contribution in [3.8, 4) is 5.75 Å². The fourth-order valence-corrected chi connectivity index (χ4v) is 6.04. The van der Waals surface area contributed by atoms with E-state index in [-0.39, 0.29) is 16.2 Å². The molecule has 8 heteroatoms. The number of nitrogens with zero attached hydrogens (tertiary/aromatic N) is 1. The van der Waals surface area contributed by atoms with Gasteiger partial charge in [0.25, 0.3) is 5.91 Å². The lowest BCUT2D eigenvalue weighted by atomic mass is 9.78. The maximum absolute atomic E-state index is 12.8. The molecule has 1 aliphatic heterocycles. The molecule has 2 fully saturated rings. The van der Waals surface area contributed by atoms with E-state index < -0.39 is 10.0 Å². The number of carbonyl (C=O) groups is 1. The summed E-state index contributed by atoms with van der Waals surface area (Å²) in [7, 11) is -1.92. The summed E-state index contributed by atoms with van der Waals surface area (Å²) in [5.74, 6) is 0.623. The van der Waals surface area contributed by atoms with Crippen LogP contribution in [0.5, 0.6) is 5.75 Å². The van der Waals surface area contributed by atoms with Gasteiger partial charge in [-0.1, -0.05) is 25.0 Å². The first kappa shape index (κ1) is 22.8. The van der Waals surface area contributed by atoms with Crippen LogP contribution < -0.4 is 10.1 Å². The van der Waals surface area contributed by atoms with Crippen LogP contribution in [0.1, 0.15) is 41.6 Å². The molecule has 1 N–H and O–H groups in total. The average molecular weight is 459 g/mol. The Morgan fingerprint density at radius 1 is 1.03 bits per heavy atom. The second-order valence-electron chi connectivity index (χ2n) is 8.44. The van der Waals surface area contributed by atoms with Crippen molar-refractivity contribution >= 4 is 15.9 Å². The maximum Gasteiger partial charge on any atom is 0.251 e. The van der Waals surface area contributed by atoms with E-state index in [1.54, 1.807) is 19.2 Å². The summed E-state index contributed by atoms with van der Waals surface area (Å²) >= 11 is 0. The highest BCUT2D eigenvalue weighted by atomic mass is 32.2. The first-order valence-corrected chi connectivity index (χ1v) is 12.5. The van der Waals surface area contributed by atoms with Gasteiger partial charge in [-0.15, -0.1) is 0 Å². The third-order valence-corrected chi connectivity index (χ3v) is 8.49. The summed E-state index contributed by atoms with van der Waals surface area (Å²) < 4.78 is 37.5. The van der Waals surface area contributed by atoms with Gasteiger partial charge in [-0.25, -0.2) is 8.42 Å². The first-order chi connectivity index (χ1) is 15.4. The van der Waals surface area contributed by atoms with Crippen LogP contribution in [0, 0.1) is 0 Å². The fraction of sp³-hybridized carbons (Fsp3) is 0.458. The van der Waals surface area contributed by atoms with Gasteiger partial charge in [0.2, 0.25) is 10.0 Å². The standard InChI is InChI=1S/C24H30N2O5S/c1-30-21-8-6-20(7-9-21)24(12-2-3-13-24)18-25-23(27)19-4-10-22(11-5-19)32(28,29)26-14-16-31-17-15-26/h4-11H,2-3,12-18H2,1H3,(H,25,27). The molecule has 0 aromatic heterocycles. The maximum atomic E-state index is 12.8. The zero-order valence-corrected chi connectivity index (χ0v) is 19.2. The van der Waals surface area contributed by atoms with Gasteiger partial charge in [0, 0.05) is 30.6 Å². The second kappa shape index (κ2) is 9.60. The van der Waals surface area contributed by atoms with Gasteiger partial charge >= 0.3 is 0 Å². The van der Waals surface area contributed by atoms with Crippen LogP contribution in [0.4, 0.5) is 0 Å². The summed E-state index contributed by atoms with van der Waals surface area (Å²) in [6, 6.07) is 14.3. The fourth-order valence-electron chi connectivity index (χ4n) is 4.63. The summed E-state index contributed by atoms with van der Waals surface area (Å²) in [6.07, 6.45) is 4.32. The number of ether oxygens (including phenoxy) is 2. The van der Waals surface area contributed by atoms with E-state index in [4.69, 9.17) is 9.47 Å². The molecular weight excluding hydrogens is 428 g/mol. The third kappa shape index (κ3) is 4.67. The van der Waals surface area contributed by atoms with Crippen molar-refractivity contribution in [3.63, 3.8) is 0 Å². The van der Waals surface area contributed by atoms with Crippen LogP contribution in [-0.2, 0) is 20.2 Å². The third-order valence-electron chi connectivity index (χ3n) is 6.57. The Morgan fingerprint density at radius 3 is 2.25 bits per heavy atom. The van der Waals surface area contributed by atoms with Crippen molar-refractivity contribution in [1.29, 1.82) is 0 Å². The monoisotopic (exact) mass is 458 g/mol. The number of hydrogen-bond acceptors (Lipinski definition) is 5. The van der Waals surface area contributed by atoms with Crippen LogP contribution in [0.3, 0.4) is 0 Å². The highest BCUT2D eigenvalue weighted by Gasteiger charge is 2.36. The molecule has 2 aliphatic rings. The number of morpholine rings is 1. The highest BCUT2D eigenvalue weighted by Crippen LogP contribution is 2.41. The van der Waals surface area contributed by atoms with Crippen molar-refractivity contribution in [3.05, 3.63) is 59.7 Å². The van der Waals surface area contributed by atoms with E-state index in [2.05, 4.69) is 17.4 Å². The number of hydrogen-bond donors (Lipinski definition) is 1. The van der Waals surface area contributed by atoms with Crippen LogP contribution in [0.15, 0.2) is 53.4 Å². The Balaban J connectivity index is 1.44. The lowest BCUT2D eigenvalue weighted by Gasteiger charge is -2.30. The van der Waals surface area contributed by atoms with E-state index in [0.29, 0.717) is 38.4 Å². The molecule has 7 nitrogen and oxygen atoms in total. The largest absolute Gasteiger partial charge is 0.497 e. The van der Waals surface area contributed by atoms with Gasteiger partial charge in [0.05, 0.1) is 25.2 Å². The minimum atomic E-state index is -3.57. The van der Waals surface area contributed by atoms with Gasteiger partial charge in [0.1, 0.15) is 5.75 Å². The summed E-state index contributed by atoms with van der Waals surface area (Å²) in [4.78, 5) is 13.0. The van der Waals surface area contributed by atoms with Crippen molar-refractivity contribution in [1.82, 2.24) is 9.62 Å². The van der Waals surface area contributed by atoms with E-state index in [9.17, 15) is 13.2 Å². The summed E-state index contributed by atoms with van der Waals surface area (Å²) in [6.45, 7) is 2.04. The molecule has 2 aromatic rings. The molecule has 1 amide bonds. The molecule has 172 valence electrons. The number of methoxy groups -OCH3 is 1. The Hall–Kier alpha value is -2.42. The normalized spacial score (nSPS) is 18.9. The molecular formula is C24H30N2O5S. The van der Waals surface area contributed by atoms with Crippen molar-refractivity contribution in [2.24, 2.45) is 0 Å². The lowest BCUT2D eigenvalue weighted by Crippen LogP contribution is -2.40. The van der Waals surface area contributed by atoms with E-state index in [0.717, 1.165) is 31.4 Å². The average Bonchev–Trinajstić information content (AvgIpc) is 3.33. The van der Waals surface area contributed by atoms with Gasteiger partial charge in [-0.2, -0.15) is 4.31 Å². The van der Waals surface area contributed by atoms with Gasteiger partial charge in [-0.3, -0.25) is 4.79 Å². The van der Waals surface area contributed by atoms with Gasteiger partial charge in [-0.05, 0) is 54.8 Å². The molecule has 1 saturated heterocycles. The Bertz CT molecular complexity index is 1020. The molecule has 1 saturated carbocycles. The zero-order chi connectivity index (χ0) is 22.6. The second-order valence-corrected chi connectivity index (χ2v) is 10.4. The lowest BCUT2D eigenvalue weighted by molar-refractivity contribution is 0.0730. The number of benzene rings is 2. The van der Waals surface area contributed by atoms with E-state index >= 15 is 0 Å². The van der Waals surface area contributed by atoms with Crippen LogP contribution in [-0.4, -0.2) is 58.6 Å². The molecule has 0 atom stereocenters. The Kier molecular flexibility index (Phi) is 6.83. The summed E-state index contributed by atoms with van der Waals surface area (Å²) in [5, 5.41) is 3.08. The quantitative estimate of drug-likeness (QED) is 0.690. The molecule has 2 aromatic carbocycles. The first-order valence-electron chi connectivity index (χ1n) is 11.1.